The highest BCUT2D eigenvalue weighted by molar-refractivity contribution is 5.81. The first-order valence-corrected chi connectivity index (χ1v) is 8.49. The second-order valence-electron chi connectivity index (χ2n) is 6.38. The number of nitrogens with one attached hydrogen (secondary N) is 1. The van der Waals surface area contributed by atoms with E-state index in [0.29, 0.717) is 0 Å². The number of benzene rings is 2. The average Bonchev–Trinajstić information content (AvgIpc) is 2.97. The van der Waals surface area contributed by atoms with Gasteiger partial charge < -0.3 is 15.2 Å². The largest absolute Gasteiger partial charge is 0.480 e. The first-order chi connectivity index (χ1) is 12.5. The number of ether oxygens (including phenoxy) is 1. The fourth-order valence-electron chi connectivity index (χ4n) is 3.32. The summed E-state index contributed by atoms with van der Waals surface area (Å²) in [5, 5.41) is 11.7. The van der Waals surface area contributed by atoms with Crippen LogP contribution in [0.4, 0.5) is 4.79 Å². The summed E-state index contributed by atoms with van der Waals surface area (Å²) in [6, 6.07) is 15.0. The molecule has 134 valence electrons. The van der Waals surface area contributed by atoms with Gasteiger partial charge in [0.1, 0.15) is 12.6 Å². The highest BCUT2D eigenvalue weighted by Gasteiger charge is 2.30. The molecule has 2 atom stereocenters. The van der Waals surface area contributed by atoms with Crippen LogP contribution in [0.1, 0.15) is 24.0 Å². The highest BCUT2D eigenvalue weighted by atomic mass is 16.5. The molecular formula is C21H21NO4. The van der Waals surface area contributed by atoms with E-state index in [0.717, 1.165) is 22.3 Å². The molecule has 0 bridgehead atoms. The molecule has 0 radical (unpaired) electrons. The molecule has 3 rings (SSSR count). The van der Waals surface area contributed by atoms with E-state index in [4.69, 9.17) is 4.74 Å². The molecule has 5 heteroatoms. The maximum atomic E-state index is 12.1. The fraction of sp³-hybridized carbons (Fsp3) is 0.238. The quantitative estimate of drug-likeness (QED) is 0.776. The maximum Gasteiger partial charge on any atom is 0.407 e. The molecular weight excluding hydrogens is 330 g/mol. The lowest BCUT2D eigenvalue weighted by Gasteiger charge is -2.19. The summed E-state index contributed by atoms with van der Waals surface area (Å²) in [5.74, 6) is -1.59. The number of fused-ring (bicyclic) bond motifs is 3. The van der Waals surface area contributed by atoms with Gasteiger partial charge in [0.25, 0.3) is 0 Å². The second kappa shape index (κ2) is 7.44. The van der Waals surface area contributed by atoms with Crippen molar-refractivity contribution >= 4 is 12.1 Å². The molecule has 0 heterocycles. The molecule has 0 fully saturated rings. The Morgan fingerprint density at radius 3 is 2.19 bits per heavy atom. The fourth-order valence-corrected chi connectivity index (χ4v) is 3.32. The predicted octanol–water partition coefficient (Wildman–Crippen LogP) is 3.80. The van der Waals surface area contributed by atoms with Gasteiger partial charge in [-0.2, -0.15) is 0 Å². The lowest BCUT2D eigenvalue weighted by Crippen LogP contribution is -2.45. The predicted molar refractivity (Wildman–Crippen MR) is 99.0 cm³/mol. The van der Waals surface area contributed by atoms with E-state index in [-0.39, 0.29) is 12.5 Å². The Hall–Kier alpha value is -3.08. The summed E-state index contributed by atoms with van der Waals surface area (Å²) in [7, 11) is 0. The number of amides is 1. The van der Waals surface area contributed by atoms with E-state index in [9.17, 15) is 14.7 Å². The van der Waals surface area contributed by atoms with Crippen LogP contribution in [0.15, 0.2) is 61.2 Å². The van der Waals surface area contributed by atoms with Crippen molar-refractivity contribution in [3.05, 3.63) is 72.3 Å². The number of carbonyl (C=O) groups excluding carboxylic acids is 1. The van der Waals surface area contributed by atoms with E-state index in [1.807, 2.05) is 36.4 Å². The summed E-state index contributed by atoms with van der Waals surface area (Å²) < 4.78 is 5.37. The van der Waals surface area contributed by atoms with E-state index < -0.39 is 24.0 Å². The number of hydrogen-bond donors (Lipinski definition) is 2. The van der Waals surface area contributed by atoms with Gasteiger partial charge in [-0.25, -0.2) is 9.59 Å². The van der Waals surface area contributed by atoms with Gasteiger partial charge in [0, 0.05) is 11.8 Å². The molecule has 2 N–H and O–H groups in total. The summed E-state index contributed by atoms with van der Waals surface area (Å²) >= 11 is 0. The van der Waals surface area contributed by atoms with Crippen molar-refractivity contribution in [1.82, 2.24) is 5.32 Å². The van der Waals surface area contributed by atoms with E-state index in [2.05, 4.69) is 24.0 Å². The van der Waals surface area contributed by atoms with Crippen LogP contribution < -0.4 is 5.32 Å². The molecule has 0 saturated heterocycles. The average molecular weight is 351 g/mol. The van der Waals surface area contributed by atoms with Crippen LogP contribution in [0.25, 0.3) is 11.1 Å². The van der Waals surface area contributed by atoms with Crippen LogP contribution in [-0.4, -0.2) is 29.8 Å². The van der Waals surface area contributed by atoms with Crippen LogP contribution in [0, 0.1) is 5.92 Å². The van der Waals surface area contributed by atoms with Crippen LogP contribution >= 0.6 is 0 Å². The Labute approximate surface area is 152 Å². The monoisotopic (exact) mass is 351 g/mol. The Balaban J connectivity index is 1.73. The van der Waals surface area contributed by atoms with Crippen molar-refractivity contribution in [1.29, 1.82) is 0 Å². The lowest BCUT2D eigenvalue weighted by molar-refractivity contribution is -0.140. The number of carboxylic acid groups (broad SMARTS) is 1. The molecule has 0 spiro atoms. The minimum Gasteiger partial charge on any atom is -0.480 e. The molecule has 2 aromatic rings. The van der Waals surface area contributed by atoms with Gasteiger partial charge in [-0.15, -0.1) is 6.58 Å². The molecule has 1 aliphatic rings. The zero-order valence-corrected chi connectivity index (χ0v) is 14.5. The van der Waals surface area contributed by atoms with E-state index in [1.54, 1.807) is 6.92 Å². The molecule has 0 aliphatic heterocycles. The Kier molecular flexibility index (Phi) is 5.07. The normalized spacial score (nSPS) is 14.7. The third-order valence-electron chi connectivity index (χ3n) is 4.78. The Morgan fingerprint density at radius 1 is 1.15 bits per heavy atom. The molecule has 2 unspecified atom stereocenters. The molecule has 5 nitrogen and oxygen atoms in total. The van der Waals surface area contributed by atoms with E-state index in [1.165, 1.54) is 6.08 Å². The molecule has 2 aromatic carbocycles. The number of hydrogen-bond acceptors (Lipinski definition) is 3. The minimum atomic E-state index is -1.12. The van der Waals surface area contributed by atoms with Crippen LogP contribution in [-0.2, 0) is 9.53 Å². The number of carbonyl (C=O) groups is 2. The first-order valence-electron chi connectivity index (χ1n) is 8.49. The molecule has 26 heavy (non-hydrogen) atoms. The van der Waals surface area contributed by atoms with Crippen LogP contribution in [0.5, 0.6) is 0 Å². The standard InChI is InChI=1S/C21H21NO4/c1-3-13(2)19(20(23)24)22-21(25)26-12-18-16-10-6-4-8-14(16)15-9-5-7-11-17(15)18/h3-11,13,18-19H,1,12H2,2H3,(H,22,25)(H,23,24). The molecule has 0 aromatic heterocycles. The smallest absolute Gasteiger partial charge is 0.407 e. The van der Waals surface area contributed by atoms with E-state index >= 15 is 0 Å². The van der Waals surface area contributed by atoms with Crippen molar-refractivity contribution in [3.63, 3.8) is 0 Å². The zero-order valence-electron chi connectivity index (χ0n) is 14.5. The summed E-state index contributed by atoms with van der Waals surface area (Å²) in [6.45, 7) is 5.40. The second-order valence-corrected chi connectivity index (χ2v) is 6.38. The summed E-state index contributed by atoms with van der Waals surface area (Å²) in [4.78, 5) is 23.4. The van der Waals surface area contributed by atoms with Gasteiger partial charge in [-0.05, 0) is 22.3 Å². The molecule has 1 aliphatic carbocycles. The Bertz CT molecular complexity index is 800. The highest BCUT2D eigenvalue weighted by Crippen LogP contribution is 2.44. The molecule has 1 amide bonds. The summed E-state index contributed by atoms with van der Waals surface area (Å²) in [5.41, 5.74) is 4.49. The van der Waals surface area contributed by atoms with Gasteiger partial charge in [0.05, 0.1) is 0 Å². The topological polar surface area (TPSA) is 75.6 Å². The van der Waals surface area contributed by atoms with Crippen LogP contribution in [0.3, 0.4) is 0 Å². The number of aliphatic carboxylic acids is 1. The van der Waals surface area contributed by atoms with Crippen molar-refractivity contribution in [2.24, 2.45) is 5.92 Å². The maximum absolute atomic E-state index is 12.1. The van der Waals surface area contributed by atoms with Gasteiger partial charge >= 0.3 is 12.1 Å². The third-order valence-corrected chi connectivity index (χ3v) is 4.78. The lowest BCUT2D eigenvalue weighted by atomic mass is 9.98. The van der Waals surface area contributed by atoms with Gasteiger partial charge in [0.15, 0.2) is 0 Å². The van der Waals surface area contributed by atoms with Gasteiger partial charge in [0.2, 0.25) is 0 Å². The van der Waals surface area contributed by atoms with Crippen molar-refractivity contribution < 1.29 is 19.4 Å². The summed E-state index contributed by atoms with van der Waals surface area (Å²) in [6.07, 6.45) is 0.746. The molecule has 0 saturated carbocycles. The van der Waals surface area contributed by atoms with Crippen LogP contribution in [0.2, 0.25) is 0 Å². The number of rotatable bonds is 6. The first kappa shape index (κ1) is 17.7. The van der Waals surface area contributed by atoms with Crippen molar-refractivity contribution in [2.45, 2.75) is 18.9 Å². The van der Waals surface area contributed by atoms with Gasteiger partial charge in [-0.3, -0.25) is 0 Å². The Morgan fingerprint density at radius 2 is 1.69 bits per heavy atom. The number of alkyl carbamates (subject to hydrolysis) is 1. The van der Waals surface area contributed by atoms with Crippen molar-refractivity contribution in [3.8, 4) is 11.1 Å². The van der Waals surface area contributed by atoms with Crippen molar-refractivity contribution in [2.75, 3.05) is 6.61 Å². The SMILES string of the molecule is C=CC(C)C(NC(=O)OCC1c2ccccc2-c2ccccc21)C(=O)O. The number of carboxylic acids is 1. The zero-order chi connectivity index (χ0) is 18.7. The minimum absolute atomic E-state index is 0.0618. The van der Waals surface area contributed by atoms with Gasteiger partial charge in [-0.1, -0.05) is 61.5 Å². The third kappa shape index (κ3) is 3.33.